The second-order valence-corrected chi connectivity index (χ2v) is 7.13. The third-order valence-electron chi connectivity index (χ3n) is 5.04. The molecule has 3 N–H and O–H groups in total. The predicted octanol–water partition coefficient (Wildman–Crippen LogP) is 2.05. The predicted molar refractivity (Wildman–Crippen MR) is 107 cm³/mol. The van der Waals surface area contributed by atoms with Crippen molar-refractivity contribution in [2.24, 2.45) is 5.41 Å². The average molecular weight is 394 g/mol. The number of hydrogen-bond acceptors (Lipinski definition) is 4. The Morgan fingerprint density at radius 1 is 1.19 bits per heavy atom. The summed E-state index contributed by atoms with van der Waals surface area (Å²) < 4.78 is 5.78. The number of hydrogen-bond donors (Lipinski definition) is 3. The Kier molecular flexibility index (Phi) is 7.68. The molecule has 2 aliphatic heterocycles. The van der Waals surface area contributed by atoms with Gasteiger partial charge in [-0.3, -0.25) is 9.59 Å². The lowest BCUT2D eigenvalue weighted by Crippen LogP contribution is -2.52. The lowest BCUT2D eigenvalue weighted by Gasteiger charge is -2.36. The zero-order valence-corrected chi connectivity index (χ0v) is 16.4. The van der Waals surface area contributed by atoms with E-state index in [4.69, 9.17) is 4.74 Å². The summed E-state index contributed by atoms with van der Waals surface area (Å²) in [7, 11) is 0. The van der Waals surface area contributed by atoms with Crippen LogP contribution in [0.4, 0.5) is 0 Å². The van der Waals surface area contributed by atoms with Gasteiger partial charge in [0.1, 0.15) is 12.4 Å². The van der Waals surface area contributed by atoms with Crippen molar-refractivity contribution >= 4 is 24.2 Å². The summed E-state index contributed by atoms with van der Waals surface area (Å²) in [6.45, 7) is 4.28. The fraction of sp³-hybridized carbons (Fsp3) is 0.500. The number of carbonyl (C=O) groups is 2. The zero-order chi connectivity index (χ0) is 18.4. The molecule has 148 valence electrons. The van der Waals surface area contributed by atoms with E-state index in [0.29, 0.717) is 37.4 Å². The number of rotatable bonds is 0. The van der Waals surface area contributed by atoms with Crippen LogP contribution in [0.1, 0.15) is 36.5 Å². The Morgan fingerprint density at radius 2 is 2.00 bits per heavy atom. The molecule has 2 heterocycles. The van der Waals surface area contributed by atoms with Gasteiger partial charge in [-0.2, -0.15) is 0 Å². The Bertz CT molecular complexity index is 687. The molecule has 1 fully saturated rings. The highest BCUT2D eigenvalue weighted by molar-refractivity contribution is 5.97. The second kappa shape index (κ2) is 9.76. The molecular weight excluding hydrogens is 366 g/mol. The molecule has 1 aromatic rings. The van der Waals surface area contributed by atoms with Crippen LogP contribution in [-0.4, -0.2) is 44.1 Å². The average Bonchev–Trinajstić information content (AvgIpc) is 2.66. The lowest BCUT2D eigenvalue weighted by molar-refractivity contribution is -0.132. The number of carbonyl (C=O) groups excluding carboxylic acids is 2. The van der Waals surface area contributed by atoms with Crippen molar-refractivity contribution in [3.63, 3.8) is 0 Å². The molecule has 1 spiro atoms. The maximum atomic E-state index is 12.9. The molecule has 2 amide bonds. The van der Waals surface area contributed by atoms with Gasteiger partial charge in [0, 0.05) is 19.1 Å². The highest BCUT2D eigenvalue weighted by Crippen LogP contribution is 2.31. The van der Waals surface area contributed by atoms with E-state index in [1.807, 2.05) is 31.2 Å². The van der Waals surface area contributed by atoms with E-state index in [1.54, 1.807) is 12.1 Å². The summed E-state index contributed by atoms with van der Waals surface area (Å²) in [4.78, 5) is 25.4. The van der Waals surface area contributed by atoms with Crippen molar-refractivity contribution in [1.29, 1.82) is 0 Å². The molecule has 0 radical (unpaired) electrons. The van der Waals surface area contributed by atoms with Crippen LogP contribution in [0.5, 0.6) is 5.75 Å². The van der Waals surface area contributed by atoms with Crippen molar-refractivity contribution < 1.29 is 14.3 Å². The largest absolute Gasteiger partial charge is 0.489 e. The van der Waals surface area contributed by atoms with E-state index in [0.717, 1.165) is 19.4 Å². The topological polar surface area (TPSA) is 79.5 Å². The van der Waals surface area contributed by atoms with Gasteiger partial charge < -0.3 is 20.7 Å². The van der Waals surface area contributed by atoms with E-state index >= 15 is 0 Å². The van der Waals surface area contributed by atoms with Crippen LogP contribution < -0.4 is 20.7 Å². The Balaban J connectivity index is 0.00000261. The molecule has 1 aromatic carbocycles. The van der Waals surface area contributed by atoms with Crippen molar-refractivity contribution in [2.75, 3.05) is 26.2 Å². The van der Waals surface area contributed by atoms with E-state index in [-0.39, 0.29) is 30.3 Å². The van der Waals surface area contributed by atoms with Crippen molar-refractivity contribution in [3.05, 3.63) is 42.0 Å². The standard InChI is InChI=1S/C20H27N3O3.ClH/c1-15-13-22-19(25)20(10-6-11-21-14-20)9-4-5-12-26-17-8-3-2-7-16(17)18(24)23-15;/h2-5,7-8,15,21H,6,9-14H2,1H3,(H,22,25)(H,23,24);1H/b5-4+;/t15-,20-;/m0./s1. The maximum absolute atomic E-state index is 12.9. The van der Waals surface area contributed by atoms with Crippen molar-refractivity contribution in [3.8, 4) is 5.75 Å². The Labute approximate surface area is 166 Å². The minimum absolute atomic E-state index is 0. The SMILES string of the molecule is C[C@H]1CNC(=O)[C@@]2(C/C=C/COc3ccccc3C(=O)N1)CCCNC2.Cl. The van der Waals surface area contributed by atoms with Gasteiger partial charge >= 0.3 is 0 Å². The van der Waals surface area contributed by atoms with Gasteiger partial charge in [0.25, 0.3) is 5.91 Å². The number of allylic oxidation sites excluding steroid dienone is 1. The third kappa shape index (κ3) is 5.23. The van der Waals surface area contributed by atoms with Crippen LogP contribution >= 0.6 is 12.4 Å². The number of nitrogens with one attached hydrogen (secondary N) is 3. The molecule has 7 heteroatoms. The van der Waals surface area contributed by atoms with Gasteiger partial charge in [0.05, 0.1) is 11.0 Å². The Hall–Kier alpha value is -2.05. The highest BCUT2D eigenvalue weighted by atomic mass is 35.5. The Morgan fingerprint density at radius 3 is 2.78 bits per heavy atom. The molecule has 0 bridgehead atoms. The van der Waals surface area contributed by atoms with Gasteiger partial charge in [-0.1, -0.05) is 24.3 Å². The van der Waals surface area contributed by atoms with Gasteiger partial charge in [-0.25, -0.2) is 0 Å². The molecule has 27 heavy (non-hydrogen) atoms. The summed E-state index contributed by atoms with van der Waals surface area (Å²) in [5.41, 5.74) is 0.0737. The molecule has 0 saturated carbocycles. The quantitative estimate of drug-likeness (QED) is 0.589. The number of fused-ring (bicyclic) bond motifs is 1. The van der Waals surface area contributed by atoms with Gasteiger partial charge in [0.2, 0.25) is 5.91 Å². The molecule has 0 aliphatic carbocycles. The molecule has 3 rings (SSSR count). The van der Waals surface area contributed by atoms with Crippen molar-refractivity contribution in [1.82, 2.24) is 16.0 Å². The van der Waals surface area contributed by atoms with E-state index in [1.165, 1.54) is 0 Å². The number of ether oxygens (including phenoxy) is 1. The van der Waals surface area contributed by atoms with E-state index in [2.05, 4.69) is 16.0 Å². The summed E-state index contributed by atoms with van der Waals surface area (Å²) in [6, 6.07) is 7.03. The molecule has 2 aliphatic rings. The number of halogens is 1. The fourth-order valence-electron chi connectivity index (χ4n) is 3.51. The number of benzene rings is 1. The first-order valence-electron chi connectivity index (χ1n) is 9.27. The van der Waals surface area contributed by atoms with Crippen LogP contribution in [0.2, 0.25) is 0 Å². The third-order valence-corrected chi connectivity index (χ3v) is 5.04. The minimum atomic E-state index is -0.430. The normalized spacial score (nSPS) is 27.8. The van der Waals surface area contributed by atoms with E-state index < -0.39 is 5.41 Å². The molecular formula is C20H28ClN3O3. The first-order valence-corrected chi connectivity index (χ1v) is 9.27. The minimum Gasteiger partial charge on any atom is -0.489 e. The zero-order valence-electron chi connectivity index (χ0n) is 15.6. The van der Waals surface area contributed by atoms with Crippen molar-refractivity contribution in [2.45, 2.75) is 32.2 Å². The van der Waals surface area contributed by atoms with Gasteiger partial charge in [-0.15, -0.1) is 12.4 Å². The first-order chi connectivity index (χ1) is 12.6. The van der Waals surface area contributed by atoms with Gasteiger partial charge in [0.15, 0.2) is 0 Å². The second-order valence-electron chi connectivity index (χ2n) is 7.13. The number of piperidine rings is 1. The lowest BCUT2D eigenvalue weighted by atomic mass is 9.76. The summed E-state index contributed by atoms with van der Waals surface area (Å²) >= 11 is 0. The van der Waals surface area contributed by atoms with Crippen LogP contribution in [-0.2, 0) is 4.79 Å². The molecule has 2 atom stereocenters. The summed E-state index contributed by atoms with van der Waals surface area (Å²) in [5, 5.41) is 9.31. The van der Waals surface area contributed by atoms with Crippen LogP contribution in [0.25, 0.3) is 0 Å². The van der Waals surface area contributed by atoms with Crippen LogP contribution in [0, 0.1) is 5.41 Å². The first kappa shape index (κ1) is 21.3. The highest BCUT2D eigenvalue weighted by Gasteiger charge is 2.38. The maximum Gasteiger partial charge on any atom is 0.255 e. The number of amides is 2. The summed E-state index contributed by atoms with van der Waals surface area (Å²) in [6.07, 6.45) is 6.47. The van der Waals surface area contributed by atoms with Gasteiger partial charge in [-0.05, 0) is 44.9 Å². The smallest absolute Gasteiger partial charge is 0.255 e. The van der Waals surface area contributed by atoms with Crippen LogP contribution in [0.3, 0.4) is 0 Å². The molecule has 0 aromatic heterocycles. The number of para-hydroxylation sites is 1. The molecule has 0 unspecified atom stereocenters. The molecule has 6 nitrogen and oxygen atoms in total. The van der Waals surface area contributed by atoms with Crippen LogP contribution in [0.15, 0.2) is 36.4 Å². The monoisotopic (exact) mass is 393 g/mol. The fourth-order valence-corrected chi connectivity index (χ4v) is 3.51. The summed E-state index contributed by atoms with van der Waals surface area (Å²) in [5.74, 6) is 0.420. The van der Waals surface area contributed by atoms with E-state index in [9.17, 15) is 9.59 Å². The molecule has 1 saturated heterocycles.